The molecule has 30 heavy (non-hydrogen) atoms. The average Bonchev–Trinajstić information content (AvgIpc) is 3.27. The van der Waals surface area contributed by atoms with Gasteiger partial charge in [0.1, 0.15) is 12.1 Å². The number of methoxy groups -OCH3 is 1. The summed E-state index contributed by atoms with van der Waals surface area (Å²) in [5, 5.41) is 14.6. The Labute approximate surface area is 175 Å². The smallest absolute Gasteiger partial charge is 0.293 e. The van der Waals surface area contributed by atoms with Crippen LogP contribution in [0.1, 0.15) is 22.3 Å². The molecule has 0 spiro atoms. The van der Waals surface area contributed by atoms with Gasteiger partial charge in [0.25, 0.3) is 5.91 Å². The molecule has 8 heteroatoms. The predicted molar refractivity (Wildman–Crippen MR) is 113 cm³/mol. The molecule has 4 rings (SSSR count). The molecule has 1 amide bonds. The molecule has 1 fully saturated rings. The van der Waals surface area contributed by atoms with Gasteiger partial charge < -0.3 is 19.6 Å². The van der Waals surface area contributed by atoms with Crippen LogP contribution in [0.4, 0.5) is 5.69 Å². The number of aliphatic hydroxyl groups excluding tert-OH is 1. The second-order valence-corrected chi connectivity index (χ2v) is 7.17. The van der Waals surface area contributed by atoms with Crippen molar-refractivity contribution in [2.75, 3.05) is 38.2 Å². The summed E-state index contributed by atoms with van der Waals surface area (Å²) < 4.78 is 6.95. The Morgan fingerprint density at radius 3 is 2.50 bits per heavy atom. The van der Waals surface area contributed by atoms with Gasteiger partial charge in [0.05, 0.1) is 25.4 Å². The van der Waals surface area contributed by atoms with Crippen LogP contribution in [-0.4, -0.2) is 64.0 Å². The molecule has 1 aromatic heterocycles. The highest BCUT2D eigenvalue weighted by Gasteiger charge is 2.26. The lowest BCUT2D eigenvalue weighted by atomic mass is 10.1. The van der Waals surface area contributed by atoms with Gasteiger partial charge in [-0.3, -0.25) is 4.79 Å². The summed E-state index contributed by atoms with van der Waals surface area (Å²) in [5.74, 6) is 0.790. The molecule has 1 saturated heterocycles. The van der Waals surface area contributed by atoms with Gasteiger partial charge in [0.2, 0.25) is 5.82 Å². The summed E-state index contributed by atoms with van der Waals surface area (Å²) >= 11 is 0. The zero-order chi connectivity index (χ0) is 20.9. The van der Waals surface area contributed by atoms with Crippen LogP contribution in [0.15, 0.2) is 60.9 Å². The number of para-hydroxylation sites is 2. The van der Waals surface area contributed by atoms with Crippen molar-refractivity contribution >= 4 is 11.6 Å². The van der Waals surface area contributed by atoms with Gasteiger partial charge in [-0.2, -0.15) is 0 Å². The van der Waals surface area contributed by atoms with Crippen molar-refractivity contribution in [3.05, 3.63) is 72.3 Å². The zero-order valence-electron chi connectivity index (χ0n) is 16.9. The van der Waals surface area contributed by atoms with Crippen molar-refractivity contribution in [2.45, 2.75) is 12.6 Å². The van der Waals surface area contributed by atoms with Gasteiger partial charge in [-0.1, -0.05) is 42.5 Å². The number of anilines is 1. The molecule has 2 aromatic carbocycles. The lowest BCUT2D eigenvalue weighted by Crippen LogP contribution is -2.49. The van der Waals surface area contributed by atoms with Gasteiger partial charge in [-0.25, -0.2) is 9.67 Å². The van der Waals surface area contributed by atoms with E-state index < -0.39 is 6.10 Å². The minimum atomic E-state index is -0.708. The Hall–Kier alpha value is -3.39. The molecular weight excluding hydrogens is 382 g/mol. The normalized spacial score (nSPS) is 15.1. The van der Waals surface area contributed by atoms with E-state index in [1.807, 2.05) is 54.6 Å². The van der Waals surface area contributed by atoms with Gasteiger partial charge in [-0.05, 0) is 17.7 Å². The largest absolute Gasteiger partial charge is 0.495 e. The number of carbonyl (C=O) groups is 1. The molecular formula is C22H25N5O3. The SMILES string of the molecule is COc1ccccc1N1CCN(C(=O)c2ncn(C[C@@H](O)c3ccccc3)n2)CC1. The Kier molecular flexibility index (Phi) is 5.94. The van der Waals surface area contributed by atoms with E-state index in [1.165, 1.54) is 11.0 Å². The lowest BCUT2D eigenvalue weighted by Gasteiger charge is -2.36. The number of ether oxygens (including phenoxy) is 1. The van der Waals surface area contributed by atoms with Crippen molar-refractivity contribution in [1.82, 2.24) is 19.7 Å². The number of carbonyl (C=O) groups excluding carboxylic acids is 1. The number of hydrogen-bond donors (Lipinski definition) is 1. The van der Waals surface area contributed by atoms with Gasteiger partial charge in [0.15, 0.2) is 0 Å². The van der Waals surface area contributed by atoms with Crippen LogP contribution in [0.5, 0.6) is 5.75 Å². The van der Waals surface area contributed by atoms with E-state index in [0.29, 0.717) is 26.2 Å². The fourth-order valence-corrected chi connectivity index (χ4v) is 3.62. The summed E-state index contributed by atoms with van der Waals surface area (Å²) in [6.07, 6.45) is 0.782. The number of aromatic nitrogens is 3. The average molecular weight is 407 g/mol. The third-order valence-corrected chi connectivity index (χ3v) is 5.26. The first-order valence-electron chi connectivity index (χ1n) is 9.95. The highest BCUT2D eigenvalue weighted by Crippen LogP contribution is 2.28. The van der Waals surface area contributed by atoms with E-state index in [9.17, 15) is 9.90 Å². The molecule has 0 bridgehead atoms. The van der Waals surface area contributed by atoms with E-state index in [4.69, 9.17) is 4.74 Å². The van der Waals surface area contributed by atoms with Gasteiger partial charge in [0, 0.05) is 26.2 Å². The first-order valence-corrected chi connectivity index (χ1v) is 9.95. The van der Waals surface area contributed by atoms with Crippen LogP contribution < -0.4 is 9.64 Å². The van der Waals surface area contributed by atoms with Crippen LogP contribution in [0, 0.1) is 0 Å². The van der Waals surface area contributed by atoms with E-state index in [1.54, 1.807) is 12.0 Å². The first kappa shape index (κ1) is 19.9. The molecule has 0 saturated carbocycles. The molecule has 1 N–H and O–H groups in total. The quantitative estimate of drug-likeness (QED) is 0.673. The van der Waals surface area contributed by atoms with E-state index in [0.717, 1.165) is 17.0 Å². The molecule has 8 nitrogen and oxygen atoms in total. The summed E-state index contributed by atoms with van der Waals surface area (Å²) in [6.45, 7) is 2.82. The molecule has 2 heterocycles. The molecule has 0 unspecified atom stereocenters. The number of piperazine rings is 1. The standard InChI is InChI=1S/C22H25N5O3/c1-30-20-10-6-5-9-18(20)25-11-13-26(14-12-25)22(29)21-23-16-27(24-21)15-19(28)17-7-3-2-4-8-17/h2-10,16,19,28H,11-15H2,1H3/t19-/m1/s1. The van der Waals surface area contributed by atoms with Gasteiger partial charge in [-0.15, -0.1) is 5.10 Å². The highest BCUT2D eigenvalue weighted by atomic mass is 16.5. The number of amides is 1. The van der Waals surface area contributed by atoms with Crippen molar-refractivity contribution in [1.29, 1.82) is 0 Å². The Balaban J connectivity index is 1.36. The molecule has 156 valence electrons. The van der Waals surface area contributed by atoms with Crippen LogP contribution in [-0.2, 0) is 6.54 Å². The maximum absolute atomic E-state index is 12.8. The van der Waals surface area contributed by atoms with Gasteiger partial charge >= 0.3 is 0 Å². The summed E-state index contributed by atoms with van der Waals surface area (Å²) in [6, 6.07) is 17.2. The summed E-state index contributed by atoms with van der Waals surface area (Å²) in [5.41, 5.74) is 1.83. The second kappa shape index (κ2) is 8.96. The number of rotatable bonds is 6. The minimum Gasteiger partial charge on any atom is -0.495 e. The number of benzene rings is 2. The molecule has 1 aliphatic heterocycles. The van der Waals surface area contributed by atoms with Crippen molar-refractivity contribution in [3.63, 3.8) is 0 Å². The number of hydrogen-bond acceptors (Lipinski definition) is 6. The fraction of sp³-hybridized carbons (Fsp3) is 0.318. The third kappa shape index (κ3) is 4.28. The Morgan fingerprint density at radius 2 is 1.77 bits per heavy atom. The number of aliphatic hydroxyl groups is 1. The minimum absolute atomic E-state index is 0.154. The van der Waals surface area contributed by atoms with Crippen LogP contribution in [0.2, 0.25) is 0 Å². The van der Waals surface area contributed by atoms with Crippen LogP contribution in [0.25, 0.3) is 0 Å². The molecule has 3 aromatic rings. The highest BCUT2D eigenvalue weighted by molar-refractivity contribution is 5.90. The summed E-state index contributed by atoms with van der Waals surface area (Å²) in [7, 11) is 1.66. The topological polar surface area (TPSA) is 83.7 Å². The molecule has 0 aliphatic carbocycles. The number of nitrogens with zero attached hydrogens (tertiary/aromatic N) is 5. The molecule has 0 radical (unpaired) electrons. The van der Waals surface area contributed by atoms with E-state index >= 15 is 0 Å². The van der Waals surface area contributed by atoms with E-state index in [2.05, 4.69) is 15.0 Å². The van der Waals surface area contributed by atoms with E-state index in [-0.39, 0.29) is 18.3 Å². The van der Waals surface area contributed by atoms with Crippen molar-refractivity contribution in [3.8, 4) is 5.75 Å². The van der Waals surface area contributed by atoms with Crippen LogP contribution >= 0.6 is 0 Å². The lowest BCUT2D eigenvalue weighted by molar-refractivity contribution is 0.0732. The Morgan fingerprint density at radius 1 is 1.07 bits per heavy atom. The van der Waals surface area contributed by atoms with Crippen LogP contribution in [0.3, 0.4) is 0 Å². The predicted octanol–water partition coefficient (Wildman–Crippen LogP) is 1.98. The maximum atomic E-state index is 12.8. The monoisotopic (exact) mass is 407 g/mol. The van der Waals surface area contributed by atoms with Crippen molar-refractivity contribution < 1.29 is 14.6 Å². The molecule has 1 atom stereocenters. The Bertz CT molecular complexity index is 983. The third-order valence-electron chi connectivity index (χ3n) is 5.26. The fourth-order valence-electron chi connectivity index (χ4n) is 3.62. The first-order chi connectivity index (χ1) is 14.7. The zero-order valence-corrected chi connectivity index (χ0v) is 16.9. The molecule has 1 aliphatic rings. The van der Waals surface area contributed by atoms with Crippen molar-refractivity contribution in [2.24, 2.45) is 0 Å². The summed E-state index contributed by atoms with van der Waals surface area (Å²) in [4.78, 5) is 21.0. The maximum Gasteiger partial charge on any atom is 0.293 e. The second-order valence-electron chi connectivity index (χ2n) is 7.17.